The van der Waals surface area contributed by atoms with E-state index in [0.717, 1.165) is 12.8 Å². The van der Waals surface area contributed by atoms with Gasteiger partial charge in [0, 0.05) is 6.04 Å². The van der Waals surface area contributed by atoms with Crippen LogP contribution in [-0.2, 0) is 4.79 Å². The van der Waals surface area contributed by atoms with Gasteiger partial charge in [-0.1, -0.05) is 12.2 Å². The molecule has 0 unspecified atom stereocenters. The summed E-state index contributed by atoms with van der Waals surface area (Å²) in [5, 5.41) is 2.66. The summed E-state index contributed by atoms with van der Waals surface area (Å²) in [6.07, 6.45) is 5.86. The zero-order chi connectivity index (χ0) is 7.82. The third kappa shape index (κ3) is 3.89. The molecule has 0 heterocycles. The van der Waals surface area contributed by atoms with Crippen LogP contribution in [0.4, 0.5) is 0 Å². The average molecular weight is 139 g/mol. The van der Waals surface area contributed by atoms with Crippen LogP contribution in [0.15, 0.2) is 25.3 Å². The lowest BCUT2D eigenvalue weighted by atomic mass is 10.1. The Hall–Kier alpha value is -1.05. The van der Waals surface area contributed by atoms with Crippen LogP contribution in [0, 0.1) is 0 Å². The molecule has 2 nitrogen and oxygen atoms in total. The maximum absolute atomic E-state index is 9.99. The van der Waals surface area contributed by atoms with E-state index >= 15 is 0 Å². The second-order valence-corrected chi connectivity index (χ2v) is 2.03. The van der Waals surface area contributed by atoms with Crippen molar-refractivity contribution in [2.75, 3.05) is 0 Å². The van der Waals surface area contributed by atoms with Crippen LogP contribution in [-0.4, -0.2) is 12.5 Å². The van der Waals surface area contributed by atoms with Crippen LogP contribution in [0.3, 0.4) is 0 Å². The maximum atomic E-state index is 9.99. The fraction of sp³-hybridized carbons (Fsp3) is 0.375. The molecule has 56 valence electrons. The van der Waals surface area contributed by atoms with Crippen LogP contribution in [0.25, 0.3) is 0 Å². The molecule has 0 saturated heterocycles. The first kappa shape index (κ1) is 8.95. The lowest BCUT2D eigenvalue weighted by Crippen LogP contribution is -2.26. The van der Waals surface area contributed by atoms with Gasteiger partial charge in [0.2, 0.25) is 6.41 Å². The largest absolute Gasteiger partial charge is 0.355 e. The van der Waals surface area contributed by atoms with Crippen molar-refractivity contribution >= 4 is 6.41 Å². The highest BCUT2D eigenvalue weighted by Crippen LogP contribution is 1.97. The number of hydrogen-bond acceptors (Lipinski definition) is 1. The molecule has 0 aromatic heterocycles. The molecular formula is C8H13NO. The smallest absolute Gasteiger partial charge is 0.207 e. The average Bonchev–Trinajstić information content (AvgIpc) is 1.90. The minimum atomic E-state index is 0.174. The Morgan fingerprint density at radius 2 is 1.80 bits per heavy atom. The molecule has 0 aliphatic rings. The molecule has 0 radical (unpaired) electrons. The van der Waals surface area contributed by atoms with Crippen LogP contribution in [0.5, 0.6) is 0 Å². The van der Waals surface area contributed by atoms with Gasteiger partial charge in [0.15, 0.2) is 0 Å². The van der Waals surface area contributed by atoms with Crippen LogP contribution < -0.4 is 5.32 Å². The highest BCUT2D eigenvalue weighted by atomic mass is 16.1. The van der Waals surface area contributed by atoms with Crippen molar-refractivity contribution in [3.63, 3.8) is 0 Å². The molecule has 0 aromatic carbocycles. The van der Waals surface area contributed by atoms with Gasteiger partial charge in [-0.05, 0) is 12.8 Å². The fourth-order valence-electron chi connectivity index (χ4n) is 0.731. The molecule has 0 fully saturated rings. The molecule has 2 heteroatoms. The molecule has 0 aliphatic heterocycles. The molecule has 1 N–H and O–H groups in total. The van der Waals surface area contributed by atoms with Crippen molar-refractivity contribution in [3.8, 4) is 0 Å². The topological polar surface area (TPSA) is 29.1 Å². The van der Waals surface area contributed by atoms with E-state index < -0.39 is 0 Å². The van der Waals surface area contributed by atoms with Gasteiger partial charge in [-0.2, -0.15) is 0 Å². The Balaban J connectivity index is 3.58. The number of carbonyl (C=O) groups is 1. The molecule has 0 saturated carbocycles. The number of nitrogens with one attached hydrogen (secondary N) is 1. The summed E-state index contributed by atoms with van der Waals surface area (Å²) in [6, 6.07) is 0.174. The number of carbonyl (C=O) groups excluding carboxylic acids is 1. The minimum absolute atomic E-state index is 0.174. The Bertz CT molecular complexity index is 96.7. The van der Waals surface area contributed by atoms with Crippen molar-refractivity contribution in [2.24, 2.45) is 0 Å². The summed E-state index contributed by atoms with van der Waals surface area (Å²) >= 11 is 0. The van der Waals surface area contributed by atoms with Crippen LogP contribution in [0.1, 0.15) is 12.8 Å². The molecule has 0 aromatic rings. The third-order valence-corrected chi connectivity index (χ3v) is 1.21. The highest BCUT2D eigenvalue weighted by Gasteiger charge is 1.99. The summed E-state index contributed by atoms with van der Waals surface area (Å²) < 4.78 is 0. The van der Waals surface area contributed by atoms with Crippen molar-refractivity contribution in [1.82, 2.24) is 5.32 Å². The lowest BCUT2D eigenvalue weighted by Gasteiger charge is -2.09. The third-order valence-electron chi connectivity index (χ3n) is 1.21. The van der Waals surface area contributed by atoms with E-state index in [1.54, 1.807) is 12.2 Å². The maximum Gasteiger partial charge on any atom is 0.207 e. The Kier molecular flexibility index (Phi) is 5.44. The van der Waals surface area contributed by atoms with Crippen LogP contribution in [0.2, 0.25) is 0 Å². The normalized spacial score (nSPS) is 8.90. The van der Waals surface area contributed by atoms with Gasteiger partial charge in [-0.15, -0.1) is 13.2 Å². The fourth-order valence-corrected chi connectivity index (χ4v) is 0.731. The lowest BCUT2D eigenvalue weighted by molar-refractivity contribution is -0.110. The Morgan fingerprint density at radius 1 is 1.30 bits per heavy atom. The van der Waals surface area contributed by atoms with E-state index in [1.165, 1.54) is 0 Å². The second kappa shape index (κ2) is 6.08. The summed E-state index contributed by atoms with van der Waals surface area (Å²) in [5.74, 6) is 0. The number of rotatable bonds is 6. The predicted octanol–water partition coefficient (Wildman–Crippen LogP) is 1.25. The molecular weight excluding hydrogens is 126 g/mol. The molecule has 0 aliphatic carbocycles. The van der Waals surface area contributed by atoms with E-state index in [9.17, 15) is 4.79 Å². The zero-order valence-corrected chi connectivity index (χ0v) is 6.05. The molecule has 0 spiro atoms. The van der Waals surface area contributed by atoms with Crippen molar-refractivity contribution < 1.29 is 4.79 Å². The van der Waals surface area contributed by atoms with Gasteiger partial charge < -0.3 is 5.32 Å². The van der Waals surface area contributed by atoms with Crippen molar-refractivity contribution in [1.29, 1.82) is 0 Å². The van der Waals surface area contributed by atoms with E-state index in [-0.39, 0.29) is 6.04 Å². The number of amides is 1. The highest BCUT2D eigenvalue weighted by molar-refractivity contribution is 5.46. The van der Waals surface area contributed by atoms with E-state index in [0.29, 0.717) is 6.41 Å². The number of hydrogen-bond donors (Lipinski definition) is 1. The van der Waals surface area contributed by atoms with Gasteiger partial charge in [0.25, 0.3) is 0 Å². The SMILES string of the molecule is C=CCC(CC=C)NC=O. The van der Waals surface area contributed by atoms with Gasteiger partial charge in [0.1, 0.15) is 0 Å². The predicted molar refractivity (Wildman–Crippen MR) is 42.6 cm³/mol. The van der Waals surface area contributed by atoms with Gasteiger partial charge >= 0.3 is 0 Å². The Labute approximate surface area is 61.6 Å². The first-order valence-electron chi connectivity index (χ1n) is 3.26. The van der Waals surface area contributed by atoms with Crippen molar-refractivity contribution in [2.45, 2.75) is 18.9 Å². The first-order chi connectivity index (χ1) is 4.85. The molecule has 10 heavy (non-hydrogen) atoms. The molecule has 1 amide bonds. The van der Waals surface area contributed by atoms with Crippen molar-refractivity contribution in [3.05, 3.63) is 25.3 Å². The summed E-state index contributed by atoms with van der Waals surface area (Å²) in [4.78, 5) is 9.99. The van der Waals surface area contributed by atoms with E-state index in [2.05, 4.69) is 18.5 Å². The monoisotopic (exact) mass is 139 g/mol. The standard InChI is InChI=1S/C8H13NO/c1-3-5-8(6-4-2)9-7-10/h3-4,7-8H,1-2,5-6H2,(H,9,10). The molecule has 0 atom stereocenters. The first-order valence-corrected chi connectivity index (χ1v) is 3.26. The molecule has 0 rings (SSSR count). The van der Waals surface area contributed by atoms with Gasteiger partial charge in [0.05, 0.1) is 0 Å². The quantitative estimate of drug-likeness (QED) is 0.435. The van der Waals surface area contributed by atoms with E-state index in [1.807, 2.05) is 0 Å². The zero-order valence-electron chi connectivity index (χ0n) is 6.05. The second-order valence-electron chi connectivity index (χ2n) is 2.03. The summed E-state index contributed by atoms with van der Waals surface area (Å²) in [7, 11) is 0. The van der Waals surface area contributed by atoms with Gasteiger partial charge in [-0.25, -0.2) is 0 Å². The Morgan fingerprint density at radius 3 is 2.10 bits per heavy atom. The minimum Gasteiger partial charge on any atom is -0.355 e. The molecule has 0 bridgehead atoms. The summed E-state index contributed by atoms with van der Waals surface area (Å²) in [5.41, 5.74) is 0. The summed E-state index contributed by atoms with van der Waals surface area (Å²) in [6.45, 7) is 7.15. The van der Waals surface area contributed by atoms with E-state index in [4.69, 9.17) is 0 Å². The van der Waals surface area contributed by atoms with Crippen LogP contribution >= 0.6 is 0 Å². The van der Waals surface area contributed by atoms with Gasteiger partial charge in [-0.3, -0.25) is 4.79 Å².